The third-order valence-electron chi connectivity index (χ3n) is 4.68. The first-order chi connectivity index (χ1) is 10.2. The summed E-state index contributed by atoms with van der Waals surface area (Å²) in [5.41, 5.74) is 4.18. The summed E-state index contributed by atoms with van der Waals surface area (Å²) in [6, 6.07) is 7.62. The van der Waals surface area contributed by atoms with E-state index >= 15 is 0 Å². The molecule has 3 nitrogen and oxygen atoms in total. The summed E-state index contributed by atoms with van der Waals surface area (Å²) < 4.78 is 5.47. The van der Waals surface area contributed by atoms with Gasteiger partial charge in [-0.25, -0.2) is 0 Å². The Morgan fingerprint density at radius 2 is 1.95 bits per heavy atom. The van der Waals surface area contributed by atoms with Gasteiger partial charge in [0.15, 0.2) is 0 Å². The summed E-state index contributed by atoms with van der Waals surface area (Å²) in [5, 5.41) is 3.65. The van der Waals surface area contributed by atoms with E-state index in [9.17, 15) is 0 Å². The number of nitrogens with one attached hydrogen (secondary N) is 1. The molecule has 2 fully saturated rings. The maximum absolute atomic E-state index is 5.47. The van der Waals surface area contributed by atoms with Crippen molar-refractivity contribution in [2.24, 2.45) is 5.92 Å². The Morgan fingerprint density at radius 1 is 1.19 bits per heavy atom. The Balaban J connectivity index is 1.66. The van der Waals surface area contributed by atoms with E-state index in [1.807, 2.05) is 0 Å². The molecule has 2 aliphatic rings. The maximum atomic E-state index is 5.47. The second-order valence-corrected chi connectivity index (χ2v) is 6.72. The summed E-state index contributed by atoms with van der Waals surface area (Å²) in [7, 11) is 2.24. The van der Waals surface area contributed by atoms with Crippen molar-refractivity contribution in [1.82, 2.24) is 5.32 Å². The van der Waals surface area contributed by atoms with Crippen molar-refractivity contribution < 1.29 is 4.74 Å². The van der Waals surface area contributed by atoms with Gasteiger partial charge in [0.25, 0.3) is 0 Å². The van der Waals surface area contributed by atoms with Crippen LogP contribution in [-0.2, 0) is 11.3 Å². The zero-order chi connectivity index (χ0) is 14.7. The molecular formula is C18H28N2O. The fraction of sp³-hybridized carbons (Fsp3) is 0.667. The number of anilines is 1. The van der Waals surface area contributed by atoms with Crippen LogP contribution in [0.2, 0.25) is 0 Å². The predicted molar refractivity (Wildman–Crippen MR) is 87.9 cm³/mol. The third-order valence-corrected chi connectivity index (χ3v) is 4.68. The van der Waals surface area contributed by atoms with Gasteiger partial charge in [-0.15, -0.1) is 0 Å². The molecule has 1 heterocycles. The van der Waals surface area contributed by atoms with E-state index in [0.29, 0.717) is 0 Å². The molecular weight excluding hydrogens is 260 g/mol. The van der Waals surface area contributed by atoms with Gasteiger partial charge in [-0.1, -0.05) is 17.7 Å². The largest absolute Gasteiger partial charge is 0.381 e. The lowest BCUT2D eigenvalue weighted by Gasteiger charge is -2.30. The number of benzene rings is 1. The number of nitrogens with zero attached hydrogens (tertiary/aromatic N) is 1. The highest BCUT2D eigenvalue weighted by Crippen LogP contribution is 2.26. The molecule has 1 aliphatic heterocycles. The van der Waals surface area contributed by atoms with Gasteiger partial charge in [-0.3, -0.25) is 0 Å². The van der Waals surface area contributed by atoms with E-state index in [1.54, 1.807) is 0 Å². The summed E-state index contributed by atoms with van der Waals surface area (Å²) in [4.78, 5) is 2.44. The van der Waals surface area contributed by atoms with Gasteiger partial charge in [-0.05, 0) is 50.2 Å². The molecule has 0 spiro atoms. The van der Waals surface area contributed by atoms with Crippen molar-refractivity contribution in [2.75, 3.05) is 31.7 Å². The molecule has 0 aromatic heterocycles. The summed E-state index contributed by atoms with van der Waals surface area (Å²) >= 11 is 0. The number of hydrogen-bond acceptors (Lipinski definition) is 3. The fourth-order valence-corrected chi connectivity index (χ4v) is 3.18. The Bertz CT molecular complexity index is 464. The molecule has 0 atom stereocenters. The zero-order valence-corrected chi connectivity index (χ0v) is 13.4. The molecule has 1 N–H and O–H groups in total. The van der Waals surface area contributed by atoms with Crippen LogP contribution >= 0.6 is 0 Å². The van der Waals surface area contributed by atoms with Crippen molar-refractivity contribution in [3.63, 3.8) is 0 Å². The molecule has 3 heteroatoms. The summed E-state index contributed by atoms with van der Waals surface area (Å²) in [5.74, 6) is 0.772. The summed E-state index contributed by atoms with van der Waals surface area (Å²) in [6.07, 6.45) is 5.09. The van der Waals surface area contributed by atoms with Crippen LogP contribution < -0.4 is 10.2 Å². The maximum Gasteiger partial charge on any atom is 0.0469 e. The summed E-state index contributed by atoms with van der Waals surface area (Å²) in [6.45, 7) is 6.19. The Kier molecular flexibility index (Phi) is 4.81. The van der Waals surface area contributed by atoms with E-state index in [0.717, 1.165) is 38.3 Å². The predicted octanol–water partition coefficient (Wildman–Crippen LogP) is 3.11. The van der Waals surface area contributed by atoms with Crippen LogP contribution in [0.5, 0.6) is 0 Å². The highest BCUT2D eigenvalue weighted by molar-refractivity contribution is 5.54. The number of aryl methyl sites for hydroxylation is 1. The highest BCUT2D eigenvalue weighted by Gasteiger charge is 2.21. The van der Waals surface area contributed by atoms with Crippen molar-refractivity contribution in [3.8, 4) is 0 Å². The van der Waals surface area contributed by atoms with Crippen LogP contribution in [-0.4, -0.2) is 32.8 Å². The molecule has 1 saturated carbocycles. The van der Waals surface area contributed by atoms with Crippen LogP contribution in [0.25, 0.3) is 0 Å². The fourth-order valence-electron chi connectivity index (χ4n) is 3.18. The van der Waals surface area contributed by atoms with Gasteiger partial charge >= 0.3 is 0 Å². The Hall–Kier alpha value is -1.06. The van der Waals surface area contributed by atoms with Gasteiger partial charge < -0.3 is 15.0 Å². The minimum atomic E-state index is 0.763. The molecule has 1 aromatic carbocycles. The standard InChI is InChI=1S/C18H28N2O/c1-14-3-6-18(16(11-14)12-19-17-4-5-17)20(2)13-15-7-9-21-10-8-15/h3,6,11,15,17,19H,4-5,7-10,12-13H2,1-2H3. The molecule has 0 amide bonds. The average Bonchev–Trinajstić information content (AvgIpc) is 3.30. The zero-order valence-electron chi connectivity index (χ0n) is 13.4. The van der Waals surface area contributed by atoms with Crippen LogP contribution in [0.15, 0.2) is 18.2 Å². The quantitative estimate of drug-likeness (QED) is 0.870. The number of hydrogen-bond donors (Lipinski definition) is 1. The van der Waals surface area contributed by atoms with Gasteiger partial charge in [-0.2, -0.15) is 0 Å². The first kappa shape index (κ1) is 14.9. The minimum absolute atomic E-state index is 0.763. The van der Waals surface area contributed by atoms with Crippen molar-refractivity contribution in [2.45, 2.75) is 45.2 Å². The highest BCUT2D eigenvalue weighted by atomic mass is 16.5. The molecule has 0 unspecified atom stereocenters. The average molecular weight is 288 g/mol. The van der Waals surface area contributed by atoms with Gasteiger partial charge in [0.05, 0.1) is 0 Å². The van der Waals surface area contributed by atoms with Crippen molar-refractivity contribution in [3.05, 3.63) is 29.3 Å². The van der Waals surface area contributed by atoms with E-state index in [1.165, 1.54) is 42.5 Å². The smallest absolute Gasteiger partial charge is 0.0469 e. The second kappa shape index (κ2) is 6.80. The molecule has 1 aliphatic carbocycles. The molecule has 21 heavy (non-hydrogen) atoms. The SMILES string of the molecule is Cc1ccc(N(C)CC2CCOCC2)c(CNC2CC2)c1. The van der Waals surface area contributed by atoms with Crippen molar-refractivity contribution >= 4 is 5.69 Å². The minimum Gasteiger partial charge on any atom is -0.381 e. The van der Waals surface area contributed by atoms with E-state index in [4.69, 9.17) is 4.74 Å². The number of rotatable bonds is 6. The molecule has 0 radical (unpaired) electrons. The molecule has 1 aromatic rings. The van der Waals surface area contributed by atoms with Crippen LogP contribution in [0.1, 0.15) is 36.8 Å². The lowest BCUT2D eigenvalue weighted by molar-refractivity contribution is 0.0685. The second-order valence-electron chi connectivity index (χ2n) is 6.72. The van der Waals surface area contributed by atoms with E-state index < -0.39 is 0 Å². The monoisotopic (exact) mass is 288 g/mol. The lowest BCUT2D eigenvalue weighted by Crippen LogP contribution is -2.30. The molecule has 3 rings (SSSR count). The molecule has 0 bridgehead atoms. The number of ether oxygens (including phenoxy) is 1. The van der Waals surface area contributed by atoms with Crippen LogP contribution in [0, 0.1) is 12.8 Å². The van der Waals surface area contributed by atoms with E-state index in [2.05, 4.69) is 42.4 Å². The Labute approximate surface area is 128 Å². The van der Waals surface area contributed by atoms with Crippen LogP contribution in [0.3, 0.4) is 0 Å². The van der Waals surface area contributed by atoms with Gasteiger partial charge in [0.2, 0.25) is 0 Å². The molecule has 1 saturated heterocycles. The van der Waals surface area contributed by atoms with Crippen LogP contribution in [0.4, 0.5) is 5.69 Å². The third kappa shape index (κ3) is 4.21. The van der Waals surface area contributed by atoms with Gasteiger partial charge in [0.1, 0.15) is 0 Å². The normalized spacial score (nSPS) is 19.7. The van der Waals surface area contributed by atoms with Gasteiger partial charge in [0, 0.05) is 45.1 Å². The topological polar surface area (TPSA) is 24.5 Å². The molecule has 116 valence electrons. The lowest BCUT2D eigenvalue weighted by atomic mass is 9.99. The van der Waals surface area contributed by atoms with Crippen molar-refractivity contribution in [1.29, 1.82) is 0 Å². The van der Waals surface area contributed by atoms with E-state index in [-0.39, 0.29) is 0 Å². The Morgan fingerprint density at radius 3 is 2.67 bits per heavy atom. The first-order valence-corrected chi connectivity index (χ1v) is 8.34. The first-order valence-electron chi connectivity index (χ1n) is 8.34.